The van der Waals surface area contributed by atoms with Crippen LogP contribution in [0.5, 0.6) is 0 Å². The Kier molecular flexibility index (Phi) is 5.27. The van der Waals surface area contributed by atoms with Crippen molar-refractivity contribution in [2.75, 3.05) is 18.8 Å². The third-order valence-corrected chi connectivity index (χ3v) is 8.08. The van der Waals surface area contributed by atoms with Crippen molar-refractivity contribution in [3.8, 4) is 11.3 Å². The molecule has 0 spiro atoms. The lowest BCUT2D eigenvalue weighted by molar-refractivity contribution is 0.0766. The number of benzene rings is 3. The van der Waals surface area contributed by atoms with Gasteiger partial charge in [-0.05, 0) is 30.2 Å². The van der Waals surface area contributed by atoms with Crippen LogP contribution in [-0.2, 0) is 9.84 Å². The molecule has 0 bridgehead atoms. The van der Waals surface area contributed by atoms with E-state index in [1.54, 1.807) is 23.1 Å². The van der Waals surface area contributed by atoms with Gasteiger partial charge in [-0.3, -0.25) is 4.79 Å². The molecule has 0 aliphatic carbocycles. The van der Waals surface area contributed by atoms with Crippen LogP contribution >= 0.6 is 0 Å². The van der Waals surface area contributed by atoms with Crippen molar-refractivity contribution in [3.05, 3.63) is 90.0 Å². The number of fused-ring (bicyclic) bond motifs is 1. The number of rotatable bonds is 3. The molecule has 1 unspecified atom stereocenters. The minimum atomic E-state index is -3.35. The van der Waals surface area contributed by atoms with Gasteiger partial charge in [0.1, 0.15) is 5.52 Å². The van der Waals surface area contributed by atoms with E-state index in [9.17, 15) is 13.2 Å². The maximum atomic E-state index is 13.3. The van der Waals surface area contributed by atoms with Gasteiger partial charge < -0.3 is 9.42 Å². The van der Waals surface area contributed by atoms with E-state index in [1.807, 2.05) is 60.7 Å². The van der Waals surface area contributed by atoms with E-state index >= 15 is 0 Å². The van der Waals surface area contributed by atoms with Crippen LogP contribution in [0.3, 0.4) is 0 Å². The van der Waals surface area contributed by atoms with Crippen LogP contribution in [0.1, 0.15) is 27.6 Å². The Morgan fingerprint density at radius 3 is 2.41 bits per heavy atom. The van der Waals surface area contributed by atoms with Crippen molar-refractivity contribution in [3.63, 3.8) is 0 Å². The number of nitrogens with zero attached hydrogens (tertiary/aromatic N) is 2. The van der Waals surface area contributed by atoms with Crippen molar-refractivity contribution in [1.82, 2.24) is 10.1 Å². The zero-order valence-corrected chi connectivity index (χ0v) is 18.2. The van der Waals surface area contributed by atoms with Crippen LogP contribution in [0, 0.1) is 0 Å². The van der Waals surface area contributed by atoms with Crippen LogP contribution in [0.4, 0.5) is 0 Å². The Bertz CT molecular complexity index is 1370. The summed E-state index contributed by atoms with van der Waals surface area (Å²) >= 11 is 0. The molecule has 6 nitrogen and oxygen atoms in total. The summed E-state index contributed by atoms with van der Waals surface area (Å²) in [6, 6.07) is 24.1. The van der Waals surface area contributed by atoms with Crippen LogP contribution in [-0.4, -0.2) is 43.2 Å². The van der Waals surface area contributed by atoms with Crippen LogP contribution in [0.2, 0.25) is 0 Å². The first-order valence-electron chi connectivity index (χ1n) is 10.5. The molecule has 2 heterocycles. The Labute approximate surface area is 186 Å². The van der Waals surface area contributed by atoms with Gasteiger partial charge in [-0.25, -0.2) is 8.42 Å². The Morgan fingerprint density at radius 2 is 1.66 bits per heavy atom. The van der Waals surface area contributed by atoms with E-state index in [0.29, 0.717) is 29.8 Å². The van der Waals surface area contributed by atoms with E-state index in [1.165, 1.54) is 0 Å². The molecule has 3 aromatic carbocycles. The van der Waals surface area contributed by atoms with Gasteiger partial charge in [0.2, 0.25) is 0 Å². The third-order valence-electron chi connectivity index (χ3n) is 5.96. The summed E-state index contributed by atoms with van der Waals surface area (Å²) in [5.74, 6) is 0.372. The van der Waals surface area contributed by atoms with Gasteiger partial charge in [-0.1, -0.05) is 65.8 Å². The number of aromatic nitrogens is 1. The number of sulfone groups is 1. The quantitative estimate of drug-likeness (QED) is 0.463. The first kappa shape index (κ1) is 20.5. The lowest BCUT2D eigenvalue weighted by Crippen LogP contribution is -2.33. The molecule has 1 aromatic heterocycles. The van der Waals surface area contributed by atoms with Gasteiger partial charge >= 0.3 is 0 Å². The summed E-state index contributed by atoms with van der Waals surface area (Å²) in [6.45, 7) is 0.558. The van der Waals surface area contributed by atoms with Crippen LogP contribution < -0.4 is 0 Å². The van der Waals surface area contributed by atoms with E-state index in [4.69, 9.17) is 4.52 Å². The first-order chi connectivity index (χ1) is 15.5. The maximum absolute atomic E-state index is 13.3. The van der Waals surface area contributed by atoms with Gasteiger partial charge in [-0.15, -0.1) is 0 Å². The Hall–Kier alpha value is -3.45. The molecule has 1 atom stereocenters. The van der Waals surface area contributed by atoms with Crippen molar-refractivity contribution in [2.24, 2.45) is 0 Å². The molecule has 1 aliphatic rings. The molecular formula is C25H22N2O4S. The predicted molar refractivity (Wildman–Crippen MR) is 123 cm³/mol. The summed E-state index contributed by atoms with van der Waals surface area (Å²) in [5.41, 5.74) is 2.82. The molecule has 1 amide bonds. The smallest absolute Gasteiger partial charge is 0.253 e. The zero-order valence-electron chi connectivity index (χ0n) is 17.3. The van der Waals surface area contributed by atoms with Crippen LogP contribution in [0.25, 0.3) is 22.2 Å². The molecule has 1 saturated heterocycles. The van der Waals surface area contributed by atoms with E-state index < -0.39 is 15.1 Å². The lowest BCUT2D eigenvalue weighted by Gasteiger charge is -2.20. The standard InChI is InChI=1S/C25H22N2O4S/c28-25(27-14-13-23(32(29,30)16-15-27)18-7-3-1-4-8-18)20-11-12-22-21(17-20)24(31-26-22)19-9-5-2-6-10-19/h1-12,17,23H,13-16H2. The fourth-order valence-corrected chi connectivity index (χ4v) is 6.04. The molecular weight excluding hydrogens is 424 g/mol. The highest BCUT2D eigenvalue weighted by atomic mass is 32.2. The van der Waals surface area contributed by atoms with Gasteiger partial charge in [0.25, 0.3) is 5.91 Å². The second-order valence-electron chi connectivity index (χ2n) is 7.96. The molecule has 0 N–H and O–H groups in total. The highest BCUT2D eigenvalue weighted by Gasteiger charge is 2.33. The van der Waals surface area contributed by atoms with Gasteiger partial charge in [0.05, 0.1) is 16.4 Å². The van der Waals surface area contributed by atoms with Crippen molar-refractivity contribution in [1.29, 1.82) is 0 Å². The molecule has 7 heteroatoms. The Balaban J connectivity index is 1.43. The second-order valence-corrected chi connectivity index (χ2v) is 10.3. The maximum Gasteiger partial charge on any atom is 0.253 e. The molecule has 0 radical (unpaired) electrons. The van der Waals surface area contributed by atoms with E-state index in [0.717, 1.165) is 16.5 Å². The number of hydrogen-bond acceptors (Lipinski definition) is 5. The highest BCUT2D eigenvalue weighted by Crippen LogP contribution is 2.31. The molecule has 1 fully saturated rings. The minimum absolute atomic E-state index is 0.0525. The lowest BCUT2D eigenvalue weighted by atomic mass is 10.1. The van der Waals surface area contributed by atoms with Gasteiger partial charge in [0, 0.05) is 24.2 Å². The molecule has 5 rings (SSSR count). The van der Waals surface area contributed by atoms with Crippen molar-refractivity contribution >= 4 is 26.6 Å². The zero-order chi connectivity index (χ0) is 22.1. The van der Waals surface area contributed by atoms with E-state index in [-0.39, 0.29) is 18.2 Å². The highest BCUT2D eigenvalue weighted by molar-refractivity contribution is 7.91. The summed E-state index contributed by atoms with van der Waals surface area (Å²) in [6.07, 6.45) is 0.378. The average Bonchev–Trinajstić information content (AvgIpc) is 3.17. The summed E-state index contributed by atoms with van der Waals surface area (Å²) in [5, 5.41) is 4.27. The SMILES string of the molecule is O=C(c1ccc2noc(-c3ccccc3)c2c1)N1CCC(c2ccccc2)S(=O)(=O)CC1. The second kappa shape index (κ2) is 8.24. The summed E-state index contributed by atoms with van der Waals surface area (Å²) < 4.78 is 31.3. The van der Waals surface area contributed by atoms with Crippen molar-refractivity contribution in [2.45, 2.75) is 11.7 Å². The third kappa shape index (κ3) is 3.80. The van der Waals surface area contributed by atoms with Gasteiger partial charge in [-0.2, -0.15) is 0 Å². The molecule has 4 aromatic rings. The molecule has 162 valence electrons. The van der Waals surface area contributed by atoms with Crippen LogP contribution in [0.15, 0.2) is 83.4 Å². The molecule has 1 aliphatic heterocycles. The molecule has 0 saturated carbocycles. The fourth-order valence-electron chi connectivity index (χ4n) is 4.24. The minimum Gasteiger partial charge on any atom is -0.355 e. The van der Waals surface area contributed by atoms with E-state index in [2.05, 4.69) is 5.16 Å². The summed E-state index contributed by atoms with van der Waals surface area (Å²) in [7, 11) is -3.35. The topological polar surface area (TPSA) is 80.5 Å². The van der Waals surface area contributed by atoms with Crippen molar-refractivity contribution < 1.29 is 17.7 Å². The molecule has 32 heavy (non-hydrogen) atoms. The number of amides is 1. The summed E-state index contributed by atoms with van der Waals surface area (Å²) in [4.78, 5) is 14.9. The number of carbonyl (C=O) groups excluding carboxylic acids is 1. The number of hydrogen-bond donors (Lipinski definition) is 0. The number of carbonyl (C=O) groups is 1. The fraction of sp³-hybridized carbons (Fsp3) is 0.200. The Morgan fingerprint density at radius 1 is 0.938 bits per heavy atom. The monoisotopic (exact) mass is 446 g/mol. The average molecular weight is 447 g/mol. The predicted octanol–water partition coefficient (Wildman–Crippen LogP) is 4.50. The largest absolute Gasteiger partial charge is 0.355 e. The normalized spacial score (nSPS) is 18.4. The first-order valence-corrected chi connectivity index (χ1v) is 12.2. The van der Waals surface area contributed by atoms with Gasteiger partial charge in [0.15, 0.2) is 15.6 Å².